The normalized spacial score (nSPS) is 13.9. The number of alkyl halides is 3. The fraction of sp³-hybridized carbons (Fsp3) is 0.118. The zero-order valence-corrected chi connectivity index (χ0v) is 12.3. The summed E-state index contributed by atoms with van der Waals surface area (Å²) in [6.45, 7) is 1.33. The number of imide groups is 1. The first kappa shape index (κ1) is 15.7. The second-order valence-corrected chi connectivity index (χ2v) is 5.29. The minimum absolute atomic E-state index is 0.0406. The quantitative estimate of drug-likeness (QED) is 0.749. The van der Waals surface area contributed by atoms with E-state index in [1.165, 1.54) is 31.2 Å². The van der Waals surface area contributed by atoms with Crippen LogP contribution >= 0.6 is 0 Å². The number of anilines is 1. The van der Waals surface area contributed by atoms with Gasteiger partial charge in [-0.25, -0.2) is 4.90 Å². The number of carbonyl (C=O) groups is 2. The first-order chi connectivity index (χ1) is 11.3. The number of benzene rings is 2. The molecule has 0 fully saturated rings. The molecule has 7 heteroatoms. The van der Waals surface area contributed by atoms with Gasteiger partial charge in [0.25, 0.3) is 11.8 Å². The van der Waals surface area contributed by atoms with Crippen LogP contribution in [0.5, 0.6) is 0 Å². The minimum Gasteiger partial charge on any atom is -0.268 e. The molecule has 0 atom stereocenters. The van der Waals surface area contributed by atoms with Crippen molar-refractivity contribution in [2.75, 3.05) is 4.90 Å². The maximum atomic E-state index is 13.2. The number of fused-ring (bicyclic) bond motifs is 1. The third-order valence-electron chi connectivity index (χ3n) is 3.79. The summed E-state index contributed by atoms with van der Waals surface area (Å²) in [7, 11) is 0. The molecule has 120 valence electrons. The fourth-order valence-electron chi connectivity index (χ4n) is 2.69. The smallest absolute Gasteiger partial charge is 0.268 e. The summed E-state index contributed by atoms with van der Waals surface area (Å²) < 4.78 is 39.6. The van der Waals surface area contributed by atoms with E-state index in [0.29, 0.717) is 11.0 Å². The van der Waals surface area contributed by atoms with E-state index in [0.717, 1.165) is 0 Å². The van der Waals surface area contributed by atoms with Crippen molar-refractivity contribution >= 4 is 17.5 Å². The Kier molecular flexibility index (Phi) is 3.41. The van der Waals surface area contributed by atoms with Crippen LogP contribution in [0.15, 0.2) is 36.4 Å². The van der Waals surface area contributed by atoms with Gasteiger partial charge < -0.3 is 0 Å². The molecule has 0 aromatic heterocycles. The van der Waals surface area contributed by atoms with Crippen LogP contribution in [0.3, 0.4) is 0 Å². The van der Waals surface area contributed by atoms with E-state index in [1.807, 2.05) is 0 Å². The van der Waals surface area contributed by atoms with Gasteiger partial charge in [-0.15, -0.1) is 0 Å². The van der Waals surface area contributed by atoms with Crippen LogP contribution in [0, 0.1) is 18.3 Å². The Labute approximate surface area is 134 Å². The van der Waals surface area contributed by atoms with Crippen molar-refractivity contribution in [1.29, 1.82) is 5.26 Å². The molecule has 0 saturated carbocycles. The Morgan fingerprint density at radius 1 is 1.04 bits per heavy atom. The topological polar surface area (TPSA) is 61.2 Å². The van der Waals surface area contributed by atoms with Gasteiger partial charge in [0.05, 0.1) is 27.9 Å². The highest BCUT2D eigenvalue weighted by Crippen LogP contribution is 2.38. The molecule has 0 aliphatic carbocycles. The molecule has 0 spiro atoms. The molecule has 0 radical (unpaired) electrons. The Morgan fingerprint density at radius 3 is 2.04 bits per heavy atom. The first-order valence-electron chi connectivity index (χ1n) is 6.85. The van der Waals surface area contributed by atoms with Crippen LogP contribution in [0.4, 0.5) is 18.9 Å². The van der Waals surface area contributed by atoms with Gasteiger partial charge in [-0.1, -0.05) is 12.1 Å². The second kappa shape index (κ2) is 5.20. The number of amides is 2. The fourth-order valence-corrected chi connectivity index (χ4v) is 2.69. The van der Waals surface area contributed by atoms with E-state index in [2.05, 4.69) is 0 Å². The molecule has 1 aliphatic heterocycles. The number of halogens is 3. The van der Waals surface area contributed by atoms with Crippen LogP contribution in [0.1, 0.15) is 37.4 Å². The SMILES string of the molecule is Cc1cc(N2C(=O)c3ccccc3C2=O)cc(C(F)(F)F)c1C#N. The lowest BCUT2D eigenvalue weighted by molar-refractivity contribution is -0.137. The highest BCUT2D eigenvalue weighted by molar-refractivity contribution is 6.34. The third kappa shape index (κ3) is 2.24. The van der Waals surface area contributed by atoms with Gasteiger partial charge in [-0.3, -0.25) is 9.59 Å². The van der Waals surface area contributed by atoms with Crippen molar-refractivity contribution in [3.05, 3.63) is 64.2 Å². The molecule has 2 aromatic rings. The van der Waals surface area contributed by atoms with E-state index in [4.69, 9.17) is 5.26 Å². The summed E-state index contributed by atoms with van der Waals surface area (Å²) in [5.74, 6) is -1.37. The maximum absolute atomic E-state index is 13.2. The summed E-state index contributed by atoms with van der Waals surface area (Å²) in [4.78, 5) is 25.5. The molecular formula is C17H9F3N2O2. The van der Waals surface area contributed by atoms with Crippen molar-refractivity contribution < 1.29 is 22.8 Å². The molecule has 0 bridgehead atoms. The van der Waals surface area contributed by atoms with Crippen molar-refractivity contribution in [2.24, 2.45) is 0 Å². The molecule has 2 aromatic carbocycles. The molecule has 1 aliphatic rings. The number of aryl methyl sites for hydroxylation is 1. The van der Waals surface area contributed by atoms with Gasteiger partial charge in [0, 0.05) is 0 Å². The summed E-state index contributed by atoms with van der Waals surface area (Å²) in [5.41, 5.74) is -1.58. The molecular weight excluding hydrogens is 321 g/mol. The van der Waals surface area contributed by atoms with Crippen molar-refractivity contribution in [2.45, 2.75) is 13.1 Å². The monoisotopic (exact) mass is 330 g/mol. The number of rotatable bonds is 1. The molecule has 0 unspecified atom stereocenters. The Hall–Kier alpha value is -3.14. The van der Waals surface area contributed by atoms with Crippen LogP contribution < -0.4 is 4.90 Å². The lowest BCUT2D eigenvalue weighted by Gasteiger charge is -2.18. The van der Waals surface area contributed by atoms with Gasteiger partial charge >= 0.3 is 6.18 Å². The molecule has 24 heavy (non-hydrogen) atoms. The second-order valence-electron chi connectivity index (χ2n) is 5.29. The Balaban J connectivity index is 2.19. The summed E-state index contributed by atoms with van der Waals surface area (Å²) in [6, 6.07) is 9.43. The Bertz CT molecular complexity index is 891. The Morgan fingerprint density at radius 2 is 1.58 bits per heavy atom. The van der Waals surface area contributed by atoms with Crippen molar-refractivity contribution in [3.63, 3.8) is 0 Å². The zero-order valence-electron chi connectivity index (χ0n) is 12.3. The average molecular weight is 330 g/mol. The van der Waals surface area contributed by atoms with Gasteiger partial charge in [-0.2, -0.15) is 18.4 Å². The average Bonchev–Trinajstić information content (AvgIpc) is 2.78. The van der Waals surface area contributed by atoms with E-state index >= 15 is 0 Å². The number of hydrogen-bond acceptors (Lipinski definition) is 3. The van der Waals surface area contributed by atoms with Crippen molar-refractivity contribution in [3.8, 4) is 6.07 Å². The number of nitrogens with zero attached hydrogens (tertiary/aromatic N) is 2. The highest BCUT2D eigenvalue weighted by atomic mass is 19.4. The number of nitriles is 1. The summed E-state index contributed by atoms with van der Waals surface area (Å²) in [6.07, 6.45) is -4.77. The molecule has 0 saturated heterocycles. The minimum atomic E-state index is -4.77. The van der Waals surface area contributed by atoms with E-state index in [-0.39, 0.29) is 22.4 Å². The standard InChI is InChI=1S/C17H9F3N2O2/c1-9-6-10(7-14(13(9)8-21)17(18,19)20)22-15(23)11-4-2-3-5-12(11)16(22)24/h2-7H,1H3. The number of carbonyl (C=O) groups excluding carboxylic acids is 2. The van der Waals surface area contributed by atoms with Crippen LogP contribution in [0.25, 0.3) is 0 Å². The molecule has 2 amide bonds. The first-order valence-corrected chi connectivity index (χ1v) is 6.85. The van der Waals surface area contributed by atoms with Crippen molar-refractivity contribution in [1.82, 2.24) is 0 Å². The molecule has 4 nitrogen and oxygen atoms in total. The molecule has 1 heterocycles. The molecule has 0 N–H and O–H groups in total. The predicted octanol–water partition coefficient (Wildman–Crippen LogP) is 3.69. The predicted molar refractivity (Wildman–Crippen MR) is 78.5 cm³/mol. The van der Waals surface area contributed by atoms with Crippen LogP contribution in [-0.2, 0) is 6.18 Å². The lowest BCUT2D eigenvalue weighted by atomic mass is 10.0. The summed E-state index contributed by atoms with van der Waals surface area (Å²) in [5, 5.41) is 8.97. The zero-order chi connectivity index (χ0) is 17.6. The molecule has 3 rings (SSSR count). The van der Waals surface area contributed by atoms with Gasteiger partial charge in [-0.05, 0) is 36.8 Å². The van der Waals surface area contributed by atoms with Crippen LogP contribution in [-0.4, -0.2) is 11.8 Å². The van der Waals surface area contributed by atoms with E-state index in [9.17, 15) is 22.8 Å². The van der Waals surface area contributed by atoms with E-state index in [1.54, 1.807) is 12.1 Å². The highest BCUT2D eigenvalue weighted by Gasteiger charge is 2.39. The van der Waals surface area contributed by atoms with Gasteiger partial charge in [0.2, 0.25) is 0 Å². The largest absolute Gasteiger partial charge is 0.417 e. The summed E-state index contributed by atoms with van der Waals surface area (Å²) >= 11 is 0. The van der Waals surface area contributed by atoms with Gasteiger partial charge in [0.15, 0.2) is 0 Å². The van der Waals surface area contributed by atoms with Crippen LogP contribution in [0.2, 0.25) is 0 Å². The number of hydrogen-bond donors (Lipinski definition) is 0. The van der Waals surface area contributed by atoms with Gasteiger partial charge in [0.1, 0.15) is 6.07 Å². The maximum Gasteiger partial charge on any atom is 0.417 e. The lowest BCUT2D eigenvalue weighted by Crippen LogP contribution is -2.30. The third-order valence-corrected chi connectivity index (χ3v) is 3.79. The van der Waals surface area contributed by atoms with E-state index < -0.39 is 29.1 Å².